The standard InChI is InChI=1S/C19H22N4O2/c1-24-13-5-12-20-18-16-6-3-4-7-17(16)22-19(23-18)21-14-8-10-15(25-2)11-9-14/h3-4,6-11H,5,12-13H2,1-2H3,(H2,20,21,22,23). The van der Waals surface area contributed by atoms with Gasteiger partial charge < -0.3 is 20.1 Å². The minimum atomic E-state index is 0.554. The third-order valence-corrected chi connectivity index (χ3v) is 3.77. The maximum Gasteiger partial charge on any atom is 0.229 e. The van der Waals surface area contributed by atoms with Gasteiger partial charge in [-0.15, -0.1) is 0 Å². The molecule has 3 aromatic rings. The number of benzene rings is 2. The number of aromatic nitrogens is 2. The fourth-order valence-corrected chi connectivity index (χ4v) is 2.49. The molecule has 0 aliphatic heterocycles. The topological polar surface area (TPSA) is 68.3 Å². The van der Waals surface area contributed by atoms with Crippen LogP contribution in [0.1, 0.15) is 6.42 Å². The van der Waals surface area contributed by atoms with Gasteiger partial charge in [-0.3, -0.25) is 0 Å². The first-order chi connectivity index (χ1) is 12.3. The van der Waals surface area contributed by atoms with Crippen molar-refractivity contribution in [2.45, 2.75) is 6.42 Å². The molecule has 6 nitrogen and oxygen atoms in total. The summed E-state index contributed by atoms with van der Waals surface area (Å²) in [7, 11) is 3.35. The summed E-state index contributed by atoms with van der Waals surface area (Å²) < 4.78 is 10.3. The predicted molar refractivity (Wildman–Crippen MR) is 101 cm³/mol. The highest BCUT2D eigenvalue weighted by Crippen LogP contribution is 2.24. The van der Waals surface area contributed by atoms with E-state index in [1.165, 1.54) is 0 Å². The number of anilines is 3. The Balaban J connectivity index is 1.84. The lowest BCUT2D eigenvalue weighted by molar-refractivity contribution is 0.198. The zero-order valence-electron chi connectivity index (χ0n) is 14.5. The summed E-state index contributed by atoms with van der Waals surface area (Å²) in [6, 6.07) is 15.6. The maximum atomic E-state index is 5.18. The number of para-hydroxylation sites is 1. The van der Waals surface area contributed by atoms with Crippen LogP contribution in [0.3, 0.4) is 0 Å². The normalized spacial score (nSPS) is 10.6. The third kappa shape index (κ3) is 4.36. The van der Waals surface area contributed by atoms with E-state index >= 15 is 0 Å². The van der Waals surface area contributed by atoms with Crippen molar-refractivity contribution < 1.29 is 9.47 Å². The van der Waals surface area contributed by atoms with Gasteiger partial charge in [-0.2, -0.15) is 4.98 Å². The fraction of sp³-hybridized carbons (Fsp3) is 0.263. The molecule has 0 aliphatic carbocycles. The summed E-state index contributed by atoms with van der Waals surface area (Å²) >= 11 is 0. The Morgan fingerprint density at radius 2 is 1.76 bits per heavy atom. The second-order valence-corrected chi connectivity index (χ2v) is 5.54. The van der Waals surface area contributed by atoms with Gasteiger partial charge in [0.05, 0.1) is 12.6 Å². The van der Waals surface area contributed by atoms with E-state index in [9.17, 15) is 0 Å². The van der Waals surface area contributed by atoms with Crippen molar-refractivity contribution in [2.24, 2.45) is 0 Å². The number of hydrogen-bond acceptors (Lipinski definition) is 6. The van der Waals surface area contributed by atoms with Crippen LogP contribution >= 0.6 is 0 Å². The molecule has 3 rings (SSSR count). The molecule has 0 atom stereocenters. The van der Waals surface area contributed by atoms with E-state index in [0.717, 1.165) is 41.1 Å². The lowest BCUT2D eigenvalue weighted by Gasteiger charge is -2.12. The van der Waals surface area contributed by atoms with Gasteiger partial charge in [-0.1, -0.05) is 12.1 Å². The molecule has 1 heterocycles. The number of hydrogen-bond donors (Lipinski definition) is 2. The molecule has 25 heavy (non-hydrogen) atoms. The molecule has 0 saturated heterocycles. The van der Waals surface area contributed by atoms with Gasteiger partial charge in [0.15, 0.2) is 0 Å². The molecule has 130 valence electrons. The third-order valence-electron chi connectivity index (χ3n) is 3.77. The molecule has 0 radical (unpaired) electrons. The molecule has 0 amide bonds. The quantitative estimate of drug-likeness (QED) is 0.609. The first kappa shape index (κ1) is 17.0. The Morgan fingerprint density at radius 3 is 2.52 bits per heavy atom. The van der Waals surface area contributed by atoms with Crippen molar-refractivity contribution in [3.63, 3.8) is 0 Å². The van der Waals surface area contributed by atoms with Gasteiger partial charge in [0.2, 0.25) is 5.95 Å². The zero-order chi connectivity index (χ0) is 17.5. The van der Waals surface area contributed by atoms with Gasteiger partial charge in [0, 0.05) is 31.3 Å². The summed E-state index contributed by atoms with van der Waals surface area (Å²) in [6.45, 7) is 1.50. The zero-order valence-corrected chi connectivity index (χ0v) is 14.5. The van der Waals surface area contributed by atoms with Crippen molar-refractivity contribution in [1.29, 1.82) is 0 Å². The highest BCUT2D eigenvalue weighted by atomic mass is 16.5. The van der Waals surface area contributed by atoms with Crippen molar-refractivity contribution in [3.8, 4) is 5.75 Å². The Morgan fingerprint density at radius 1 is 0.960 bits per heavy atom. The minimum absolute atomic E-state index is 0.554. The first-order valence-corrected chi connectivity index (χ1v) is 8.21. The van der Waals surface area contributed by atoms with Crippen LogP contribution < -0.4 is 15.4 Å². The lowest BCUT2D eigenvalue weighted by atomic mass is 10.2. The molecule has 0 aliphatic rings. The molecule has 1 aromatic heterocycles. The Hall–Kier alpha value is -2.86. The largest absolute Gasteiger partial charge is 0.497 e. The number of nitrogens with one attached hydrogen (secondary N) is 2. The molecule has 2 aromatic carbocycles. The van der Waals surface area contributed by atoms with Crippen molar-refractivity contribution in [1.82, 2.24) is 9.97 Å². The molecule has 0 saturated carbocycles. The highest BCUT2D eigenvalue weighted by molar-refractivity contribution is 5.90. The van der Waals surface area contributed by atoms with Crippen LogP contribution in [0.5, 0.6) is 5.75 Å². The van der Waals surface area contributed by atoms with Crippen LogP contribution in [-0.4, -0.2) is 37.3 Å². The van der Waals surface area contributed by atoms with Crippen LogP contribution in [0, 0.1) is 0 Å². The van der Waals surface area contributed by atoms with Gasteiger partial charge in [0.1, 0.15) is 11.6 Å². The summed E-state index contributed by atoms with van der Waals surface area (Å²) in [5.74, 6) is 2.18. The Labute approximate surface area is 147 Å². The van der Waals surface area contributed by atoms with Crippen LogP contribution in [0.2, 0.25) is 0 Å². The SMILES string of the molecule is COCCCNc1nc(Nc2ccc(OC)cc2)nc2ccccc12. The van der Waals surface area contributed by atoms with E-state index in [-0.39, 0.29) is 0 Å². The highest BCUT2D eigenvalue weighted by Gasteiger charge is 2.07. The van der Waals surface area contributed by atoms with Crippen LogP contribution in [0.25, 0.3) is 10.9 Å². The number of methoxy groups -OCH3 is 2. The smallest absolute Gasteiger partial charge is 0.229 e. The van der Waals surface area contributed by atoms with Crippen molar-refractivity contribution in [3.05, 3.63) is 48.5 Å². The van der Waals surface area contributed by atoms with Gasteiger partial charge in [-0.05, 0) is 42.8 Å². The monoisotopic (exact) mass is 338 g/mol. The Kier molecular flexibility index (Phi) is 5.64. The van der Waals surface area contributed by atoms with E-state index in [4.69, 9.17) is 9.47 Å². The molecular weight excluding hydrogens is 316 g/mol. The molecule has 0 unspecified atom stereocenters. The summed E-state index contributed by atoms with van der Waals surface area (Å²) in [4.78, 5) is 9.23. The Bertz CT molecular complexity index is 821. The number of nitrogens with zero attached hydrogens (tertiary/aromatic N) is 2. The van der Waals surface area contributed by atoms with Crippen LogP contribution in [0.15, 0.2) is 48.5 Å². The van der Waals surface area contributed by atoms with E-state index < -0.39 is 0 Å². The fourth-order valence-electron chi connectivity index (χ4n) is 2.49. The van der Waals surface area contributed by atoms with E-state index in [2.05, 4.69) is 20.6 Å². The van der Waals surface area contributed by atoms with Crippen LogP contribution in [-0.2, 0) is 4.74 Å². The van der Waals surface area contributed by atoms with E-state index in [1.807, 2.05) is 48.5 Å². The van der Waals surface area contributed by atoms with Crippen LogP contribution in [0.4, 0.5) is 17.5 Å². The molecule has 2 N–H and O–H groups in total. The van der Waals surface area contributed by atoms with Gasteiger partial charge >= 0.3 is 0 Å². The second-order valence-electron chi connectivity index (χ2n) is 5.54. The van der Waals surface area contributed by atoms with Gasteiger partial charge in [0.25, 0.3) is 0 Å². The number of rotatable bonds is 8. The molecular formula is C19H22N4O2. The van der Waals surface area contributed by atoms with Crippen molar-refractivity contribution in [2.75, 3.05) is 38.0 Å². The van der Waals surface area contributed by atoms with E-state index in [1.54, 1.807) is 14.2 Å². The number of ether oxygens (including phenoxy) is 2. The maximum absolute atomic E-state index is 5.18. The average molecular weight is 338 g/mol. The van der Waals surface area contributed by atoms with E-state index in [0.29, 0.717) is 12.6 Å². The van der Waals surface area contributed by atoms with Gasteiger partial charge in [-0.25, -0.2) is 4.98 Å². The molecule has 0 bridgehead atoms. The molecule has 0 fully saturated rings. The predicted octanol–water partition coefficient (Wildman–Crippen LogP) is 3.83. The molecule has 0 spiro atoms. The average Bonchev–Trinajstić information content (AvgIpc) is 2.66. The summed E-state index contributed by atoms with van der Waals surface area (Å²) in [6.07, 6.45) is 0.913. The second kappa shape index (κ2) is 8.30. The first-order valence-electron chi connectivity index (χ1n) is 8.21. The van der Waals surface area contributed by atoms with Crippen molar-refractivity contribution >= 4 is 28.4 Å². The summed E-state index contributed by atoms with van der Waals surface area (Å²) in [5.41, 5.74) is 1.80. The molecule has 6 heteroatoms. The lowest BCUT2D eigenvalue weighted by Crippen LogP contribution is -2.08. The summed E-state index contributed by atoms with van der Waals surface area (Å²) in [5, 5.41) is 7.62. The number of fused-ring (bicyclic) bond motifs is 1. The minimum Gasteiger partial charge on any atom is -0.497 e.